The van der Waals surface area contributed by atoms with Gasteiger partial charge in [0.25, 0.3) is 5.91 Å². The smallest absolute Gasteiger partial charge is 0.261 e. The predicted molar refractivity (Wildman–Crippen MR) is 83.3 cm³/mol. The number of carbonyl (C=O) groups is 1. The van der Waals surface area contributed by atoms with E-state index in [2.05, 4.69) is 17.4 Å². The van der Waals surface area contributed by atoms with Gasteiger partial charge in [0.2, 0.25) is 5.88 Å². The molecule has 22 heavy (non-hydrogen) atoms. The van der Waals surface area contributed by atoms with Crippen LogP contribution in [0.4, 0.5) is 5.88 Å². The molecule has 1 aromatic heterocycles. The van der Waals surface area contributed by atoms with Crippen LogP contribution in [0.1, 0.15) is 41.9 Å². The lowest BCUT2D eigenvalue weighted by atomic mass is 9.89. The summed E-state index contributed by atoms with van der Waals surface area (Å²) < 4.78 is 10.8. The molecule has 1 atom stereocenters. The van der Waals surface area contributed by atoms with Crippen LogP contribution in [0.25, 0.3) is 0 Å². The number of benzene rings is 1. The van der Waals surface area contributed by atoms with Crippen molar-refractivity contribution in [2.75, 3.05) is 11.9 Å². The van der Waals surface area contributed by atoms with Gasteiger partial charge in [-0.2, -0.15) is 0 Å². The number of aryl methyl sites for hydroxylation is 1. The molecule has 1 aliphatic carbocycles. The van der Waals surface area contributed by atoms with Gasteiger partial charge < -0.3 is 9.26 Å². The number of carbonyl (C=O) groups excluding carboxylic acids is 1. The summed E-state index contributed by atoms with van der Waals surface area (Å²) in [7, 11) is 0. The number of rotatable bonds is 4. The molecular formula is C17H20N2O3. The third-order valence-electron chi connectivity index (χ3n) is 3.95. The third-order valence-corrected chi connectivity index (χ3v) is 3.95. The SMILES string of the molecule is CCOc1ccccc1C(=O)Nc1onc2c1CC(C)CC2. The van der Waals surface area contributed by atoms with Crippen LogP contribution in [0.5, 0.6) is 5.75 Å². The summed E-state index contributed by atoms with van der Waals surface area (Å²) in [5, 5.41) is 6.91. The van der Waals surface area contributed by atoms with E-state index in [1.54, 1.807) is 12.1 Å². The van der Waals surface area contributed by atoms with E-state index in [0.29, 0.717) is 29.7 Å². The predicted octanol–water partition coefficient (Wildman–Crippen LogP) is 3.45. The molecule has 0 radical (unpaired) electrons. The molecule has 1 heterocycles. The highest BCUT2D eigenvalue weighted by atomic mass is 16.5. The second-order valence-electron chi connectivity index (χ2n) is 5.67. The van der Waals surface area contributed by atoms with Gasteiger partial charge in [-0.1, -0.05) is 24.2 Å². The molecule has 1 amide bonds. The highest BCUT2D eigenvalue weighted by molar-refractivity contribution is 6.05. The topological polar surface area (TPSA) is 64.4 Å². The molecule has 1 unspecified atom stereocenters. The van der Waals surface area contributed by atoms with Crippen LogP contribution in [0.3, 0.4) is 0 Å². The Bertz CT molecular complexity index is 678. The van der Waals surface area contributed by atoms with Crippen molar-refractivity contribution in [2.24, 2.45) is 5.92 Å². The number of aromatic nitrogens is 1. The maximum atomic E-state index is 12.5. The number of fused-ring (bicyclic) bond motifs is 1. The average Bonchev–Trinajstić information content (AvgIpc) is 2.90. The normalized spacial score (nSPS) is 16.9. The van der Waals surface area contributed by atoms with Crippen molar-refractivity contribution in [1.29, 1.82) is 0 Å². The Hall–Kier alpha value is -2.30. The van der Waals surface area contributed by atoms with E-state index >= 15 is 0 Å². The summed E-state index contributed by atoms with van der Waals surface area (Å²) in [6.07, 6.45) is 2.91. The number of nitrogens with zero attached hydrogens (tertiary/aromatic N) is 1. The van der Waals surface area contributed by atoms with Gasteiger partial charge in [0.15, 0.2) is 0 Å². The van der Waals surface area contributed by atoms with Crippen LogP contribution in [-0.4, -0.2) is 17.7 Å². The van der Waals surface area contributed by atoms with Crippen molar-refractivity contribution in [3.05, 3.63) is 41.1 Å². The summed E-state index contributed by atoms with van der Waals surface area (Å²) in [5.41, 5.74) is 2.49. The second kappa shape index (κ2) is 6.22. The molecule has 1 N–H and O–H groups in total. The van der Waals surface area contributed by atoms with Gasteiger partial charge in [0.1, 0.15) is 5.75 Å². The minimum Gasteiger partial charge on any atom is -0.493 e. The van der Waals surface area contributed by atoms with E-state index in [-0.39, 0.29) is 5.91 Å². The van der Waals surface area contributed by atoms with Gasteiger partial charge >= 0.3 is 0 Å². The lowest BCUT2D eigenvalue weighted by Gasteiger charge is -2.16. The van der Waals surface area contributed by atoms with E-state index < -0.39 is 0 Å². The monoisotopic (exact) mass is 300 g/mol. The molecule has 2 aromatic rings. The lowest BCUT2D eigenvalue weighted by Crippen LogP contribution is -2.16. The molecule has 0 aliphatic heterocycles. The van der Waals surface area contributed by atoms with Gasteiger partial charge in [-0.15, -0.1) is 0 Å². The van der Waals surface area contributed by atoms with Crippen molar-refractivity contribution in [2.45, 2.75) is 33.1 Å². The van der Waals surface area contributed by atoms with Crippen LogP contribution in [0.2, 0.25) is 0 Å². The molecule has 116 valence electrons. The third kappa shape index (κ3) is 2.84. The Labute approximate surface area is 129 Å². The Morgan fingerprint density at radius 3 is 3.09 bits per heavy atom. The standard InChI is InChI=1S/C17H20N2O3/c1-3-21-15-7-5-4-6-12(15)16(20)18-17-13-10-11(2)8-9-14(13)19-22-17/h4-7,11H,3,8-10H2,1-2H3,(H,18,20). The number of nitrogens with one attached hydrogen (secondary N) is 1. The highest BCUT2D eigenvalue weighted by Gasteiger charge is 2.25. The molecule has 0 fully saturated rings. The van der Waals surface area contributed by atoms with E-state index in [9.17, 15) is 4.79 Å². The first-order chi connectivity index (χ1) is 10.7. The number of hydrogen-bond acceptors (Lipinski definition) is 4. The molecule has 1 aromatic carbocycles. The maximum Gasteiger partial charge on any atom is 0.261 e. The lowest BCUT2D eigenvalue weighted by molar-refractivity contribution is 0.102. The Balaban J connectivity index is 1.82. The van der Waals surface area contributed by atoms with E-state index in [1.807, 2.05) is 19.1 Å². The van der Waals surface area contributed by atoms with Crippen molar-refractivity contribution in [3.63, 3.8) is 0 Å². The largest absolute Gasteiger partial charge is 0.493 e. The zero-order chi connectivity index (χ0) is 15.5. The fraction of sp³-hybridized carbons (Fsp3) is 0.412. The fourth-order valence-electron chi connectivity index (χ4n) is 2.79. The molecular weight excluding hydrogens is 280 g/mol. The van der Waals surface area contributed by atoms with Crippen LogP contribution < -0.4 is 10.1 Å². The summed E-state index contributed by atoms with van der Waals surface area (Å²) in [5.74, 6) is 1.39. The summed E-state index contributed by atoms with van der Waals surface area (Å²) in [6.45, 7) is 4.61. The van der Waals surface area contributed by atoms with E-state index in [4.69, 9.17) is 9.26 Å². The van der Waals surface area contributed by atoms with E-state index in [1.165, 1.54) is 0 Å². The zero-order valence-electron chi connectivity index (χ0n) is 12.9. The Kier molecular flexibility index (Phi) is 4.13. The van der Waals surface area contributed by atoms with E-state index in [0.717, 1.165) is 30.5 Å². The van der Waals surface area contributed by atoms with Crippen LogP contribution in [0.15, 0.2) is 28.8 Å². The van der Waals surface area contributed by atoms with Crippen LogP contribution in [-0.2, 0) is 12.8 Å². The van der Waals surface area contributed by atoms with Crippen LogP contribution >= 0.6 is 0 Å². The molecule has 3 rings (SSSR count). The molecule has 0 saturated carbocycles. The number of anilines is 1. The second-order valence-corrected chi connectivity index (χ2v) is 5.67. The maximum absolute atomic E-state index is 12.5. The number of hydrogen-bond donors (Lipinski definition) is 1. The Morgan fingerprint density at radius 1 is 1.45 bits per heavy atom. The van der Waals surface area contributed by atoms with Gasteiger partial charge in [-0.3, -0.25) is 10.1 Å². The molecule has 1 aliphatic rings. The molecule has 0 spiro atoms. The first-order valence-electron chi connectivity index (χ1n) is 7.69. The first-order valence-corrected chi connectivity index (χ1v) is 7.69. The summed E-state index contributed by atoms with van der Waals surface area (Å²) >= 11 is 0. The van der Waals surface area contributed by atoms with Crippen molar-refractivity contribution in [3.8, 4) is 5.75 Å². The minimum atomic E-state index is -0.235. The fourth-order valence-corrected chi connectivity index (χ4v) is 2.79. The summed E-state index contributed by atoms with van der Waals surface area (Å²) in [4.78, 5) is 12.5. The average molecular weight is 300 g/mol. The molecule has 0 bridgehead atoms. The highest BCUT2D eigenvalue weighted by Crippen LogP contribution is 2.31. The number of para-hydroxylation sites is 1. The number of ether oxygens (including phenoxy) is 1. The van der Waals surface area contributed by atoms with Gasteiger partial charge in [0, 0.05) is 5.56 Å². The van der Waals surface area contributed by atoms with Crippen molar-refractivity contribution >= 4 is 11.8 Å². The first kappa shape index (κ1) is 14.6. The summed E-state index contributed by atoms with van der Waals surface area (Å²) in [6, 6.07) is 7.19. The molecule has 5 heteroatoms. The van der Waals surface area contributed by atoms with Gasteiger partial charge in [-0.25, -0.2) is 0 Å². The van der Waals surface area contributed by atoms with Gasteiger partial charge in [0.05, 0.1) is 17.9 Å². The number of amides is 1. The zero-order valence-corrected chi connectivity index (χ0v) is 12.9. The quantitative estimate of drug-likeness (QED) is 0.939. The van der Waals surface area contributed by atoms with Crippen molar-refractivity contribution < 1.29 is 14.1 Å². The Morgan fingerprint density at radius 2 is 2.27 bits per heavy atom. The minimum absolute atomic E-state index is 0.235. The van der Waals surface area contributed by atoms with Crippen molar-refractivity contribution in [1.82, 2.24) is 5.16 Å². The van der Waals surface area contributed by atoms with Gasteiger partial charge in [-0.05, 0) is 44.2 Å². The molecule has 0 saturated heterocycles. The van der Waals surface area contributed by atoms with Crippen LogP contribution in [0, 0.1) is 5.92 Å². The molecule has 5 nitrogen and oxygen atoms in total.